The molecular formula is C17H17N5O5S2. The van der Waals surface area contributed by atoms with Crippen molar-refractivity contribution < 1.29 is 13.3 Å². The molecule has 0 aliphatic carbocycles. The summed E-state index contributed by atoms with van der Waals surface area (Å²) in [5.41, 5.74) is 0.682. The Morgan fingerprint density at radius 1 is 1.24 bits per heavy atom. The summed E-state index contributed by atoms with van der Waals surface area (Å²) in [5.74, 6) is 0. The zero-order chi connectivity index (χ0) is 21.2. The summed E-state index contributed by atoms with van der Waals surface area (Å²) in [7, 11) is -3.97. The number of nitrogens with one attached hydrogen (secondary N) is 1. The molecule has 0 amide bonds. The highest BCUT2D eigenvalue weighted by atomic mass is 32.2. The SMILES string of the molecule is Cc1nc(C)c(-c2ccc(=O)n(CCNS(=O)(=O)c3cccc([N+](=O)[O-])c3)n2)s1. The van der Waals surface area contributed by atoms with Gasteiger partial charge in [-0.15, -0.1) is 11.3 Å². The smallest absolute Gasteiger partial charge is 0.268 e. The molecule has 0 atom stereocenters. The molecule has 152 valence electrons. The molecule has 3 rings (SSSR count). The van der Waals surface area contributed by atoms with Crippen LogP contribution in [0.2, 0.25) is 0 Å². The lowest BCUT2D eigenvalue weighted by molar-refractivity contribution is -0.385. The zero-order valence-corrected chi connectivity index (χ0v) is 17.2. The molecule has 0 saturated carbocycles. The topological polar surface area (TPSA) is 137 Å². The molecule has 0 aliphatic heterocycles. The van der Waals surface area contributed by atoms with Crippen LogP contribution in [0.3, 0.4) is 0 Å². The number of hydrogen-bond donors (Lipinski definition) is 1. The Morgan fingerprint density at radius 2 is 2.00 bits per heavy atom. The maximum absolute atomic E-state index is 12.4. The minimum Gasteiger partial charge on any atom is -0.268 e. The van der Waals surface area contributed by atoms with E-state index in [0.29, 0.717) is 5.69 Å². The quantitative estimate of drug-likeness (QED) is 0.442. The number of aromatic nitrogens is 3. The number of thiazole rings is 1. The maximum Gasteiger partial charge on any atom is 0.270 e. The summed E-state index contributed by atoms with van der Waals surface area (Å²) in [6.45, 7) is 3.61. The molecule has 3 aromatic rings. The molecule has 0 bridgehead atoms. The summed E-state index contributed by atoms with van der Waals surface area (Å²) >= 11 is 1.46. The van der Waals surface area contributed by atoms with E-state index in [4.69, 9.17) is 0 Å². The van der Waals surface area contributed by atoms with E-state index >= 15 is 0 Å². The van der Waals surface area contributed by atoms with Crippen LogP contribution in [-0.2, 0) is 16.6 Å². The number of sulfonamides is 1. The van der Waals surface area contributed by atoms with Gasteiger partial charge in [0.05, 0.1) is 31.9 Å². The molecule has 10 nitrogen and oxygen atoms in total. The lowest BCUT2D eigenvalue weighted by atomic mass is 10.3. The third-order valence-corrected chi connectivity index (χ3v) is 6.51. The second-order valence-corrected chi connectivity index (χ2v) is 9.05. The highest BCUT2D eigenvalue weighted by molar-refractivity contribution is 7.89. The van der Waals surface area contributed by atoms with E-state index in [0.717, 1.165) is 21.6 Å². The monoisotopic (exact) mass is 435 g/mol. The first-order valence-electron chi connectivity index (χ1n) is 8.44. The summed E-state index contributed by atoms with van der Waals surface area (Å²) in [6.07, 6.45) is 0. The third kappa shape index (κ3) is 4.72. The Labute approximate surface area is 170 Å². The Morgan fingerprint density at radius 3 is 2.66 bits per heavy atom. The average Bonchev–Trinajstić information content (AvgIpc) is 3.01. The lowest BCUT2D eigenvalue weighted by Crippen LogP contribution is -2.32. The number of nitrogens with zero attached hydrogens (tertiary/aromatic N) is 4. The Hall–Kier alpha value is -2.96. The Balaban J connectivity index is 1.75. The molecule has 12 heteroatoms. The van der Waals surface area contributed by atoms with Gasteiger partial charge in [-0.1, -0.05) is 6.07 Å². The van der Waals surface area contributed by atoms with E-state index in [1.165, 1.54) is 40.3 Å². The second kappa shape index (κ2) is 8.19. The van der Waals surface area contributed by atoms with Gasteiger partial charge in [0.1, 0.15) is 5.69 Å². The minimum absolute atomic E-state index is 0.00232. The van der Waals surface area contributed by atoms with E-state index in [1.54, 1.807) is 6.07 Å². The van der Waals surface area contributed by atoms with Crippen LogP contribution in [0, 0.1) is 24.0 Å². The lowest BCUT2D eigenvalue weighted by Gasteiger charge is -2.09. The largest absolute Gasteiger partial charge is 0.270 e. The van der Waals surface area contributed by atoms with Gasteiger partial charge in [-0.05, 0) is 26.0 Å². The molecule has 0 spiro atoms. The molecule has 0 saturated heterocycles. The van der Waals surface area contributed by atoms with Crippen LogP contribution in [0.4, 0.5) is 5.69 Å². The first-order valence-corrected chi connectivity index (χ1v) is 10.7. The van der Waals surface area contributed by atoms with Crippen molar-refractivity contribution >= 4 is 27.0 Å². The standard InChI is InChI=1S/C17H17N5O5S2/c1-11-17(28-12(2)19-11)15-6-7-16(23)21(20-15)9-8-18-29(26,27)14-5-3-4-13(10-14)22(24)25/h3-7,10,18H,8-9H2,1-2H3. The summed E-state index contributed by atoms with van der Waals surface area (Å²) in [5, 5.41) is 16.0. The van der Waals surface area contributed by atoms with Gasteiger partial charge in [-0.2, -0.15) is 5.10 Å². The first-order chi connectivity index (χ1) is 13.7. The number of non-ortho nitro benzene ring substituents is 1. The van der Waals surface area contributed by atoms with Crippen molar-refractivity contribution in [2.45, 2.75) is 25.3 Å². The van der Waals surface area contributed by atoms with Gasteiger partial charge in [0.25, 0.3) is 11.2 Å². The maximum atomic E-state index is 12.4. The molecule has 1 aromatic carbocycles. The number of benzene rings is 1. The summed E-state index contributed by atoms with van der Waals surface area (Å²) in [4.78, 5) is 27.2. The molecule has 2 heterocycles. The van der Waals surface area contributed by atoms with Crippen LogP contribution >= 0.6 is 11.3 Å². The molecule has 0 aliphatic rings. The van der Waals surface area contributed by atoms with Crippen molar-refractivity contribution in [2.75, 3.05) is 6.54 Å². The predicted molar refractivity (Wildman–Crippen MR) is 107 cm³/mol. The van der Waals surface area contributed by atoms with Crippen molar-refractivity contribution in [2.24, 2.45) is 0 Å². The molecular weight excluding hydrogens is 418 g/mol. The van der Waals surface area contributed by atoms with Crippen LogP contribution < -0.4 is 10.3 Å². The zero-order valence-electron chi connectivity index (χ0n) is 15.5. The van der Waals surface area contributed by atoms with Crippen molar-refractivity contribution in [3.8, 4) is 10.6 Å². The van der Waals surface area contributed by atoms with Crippen molar-refractivity contribution in [1.29, 1.82) is 0 Å². The minimum atomic E-state index is -3.97. The highest BCUT2D eigenvalue weighted by Crippen LogP contribution is 2.27. The Kier molecular flexibility index (Phi) is 5.86. The van der Waals surface area contributed by atoms with Crippen LogP contribution in [0.15, 0.2) is 46.1 Å². The molecule has 29 heavy (non-hydrogen) atoms. The van der Waals surface area contributed by atoms with Gasteiger partial charge in [-0.3, -0.25) is 14.9 Å². The first kappa shape index (κ1) is 20.8. The summed E-state index contributed by atoms with van der Waals surface area (Å²) in [6, 6.07) is 7.70. The van der Waals surface area contributed by atoms with E-state index in [1.807, 2.05) is 13.8 Å². The van der Waals surface area contributed by atoms with E-state index in [-0.39, 0.29) is 29.2 Å². The highest BCUT2D eigenvalue weighted by Gasteiger charge is 2.17. The average molecular weight is 435 g/mol. The normalized spacial score (nSPS) is 11.5. The van der Waals surface area contributed by atoms with Gasteiger partial charge in [0, 0.05) is 24.7 Å². The third-order valence-electron chi connectivity index (χ3n) is 3.96. The number of nitro benzene ring substituents is 1. The number of aryl methyl sites for hydroxylation is 2. The van der Waals surface area contributed by atoms with Gasteiger partial charge in [0.2, 0.25) is 10.0 Å². The van der Waals surface area contributed by atoms with Gasteiger partial charge in [0.15, 0.2) is 0 Å². The number of hydrogen-bond acceptors (Lipinski definition) is 8. The number of nitro groups is 1. The molecule has 1 N–H and O–H groups in total. The molecule has 0 radical (unpaired) electrons. The van der Waals surface area contributed by atoms with E-state index < -0.39 is 14.9 Å². The van der Waals surface area contributed by atoms with Gasteiger partial charge in [-0.25, -0.2) is 22.8 Å². The fourth-order valence-electron chi connectivity index (χ4n) is 2.63. The molecule has 0 fully saturated rings. The van der Waals surface area contributed by atoms with Crippen molar-refractivity contribution in [3.05, 3.63) is 67.6 Å². The van der Waals surface area contributed by atoms with Crippen molar-refractivity contribution in [3.63, 3.8) is 0 Å². The van der Waals surface area contributed by atoms with Crippen LogP contribution in [0.1, 0.15) is 10.7 Å². The van der Waals surface area contributed by atoms with E-state index in [2.05, 4.69) is 14.8 Å². The van der Waals surface area contributed by atoms with Gasteiger partial charge < -0.3 is 0 Å². The van der Waals surface area contributed by atoms with Crippen LogP contribution in [-0.4, -0.2) is 34.7 Å². The van der Waals surface area contributed by atoms with E-state index in [9.17, 15) is 23.3 Å². The molecule has 0 unspecified atom stereocenters. The fourth-order valence-corrected chi connectivity index (χ4v) is 4.58. The molecule has 2 aromatic heterocycles. The van der Waals surface area contributed by atoms with Crippen LogP contribution in [0.25, 0.3) is 10.6 Å². The summed E-state index contributed by atoms with van der Waals surface area (Å²) < 4.78 is 28.2. The van der Waals surface area contributed by atoms with Crippen LogP contribution in [0.5, 0.6) is 0 Å². The second-order valence-electron chi connectivity index (χ2n) is 6.08. The Bertz CT molecular complexity index is 1230. The number of rotatable bonds is 7. The van der Waals surface area contributed by atoms with Crippen molar-refractivity contribution in [1.82, 2.24) is 19.5 Å². The van der Waals surface area contributed by atoms with Gasteiger partial charge >= 0.3 is 0 Å². The fraction of sp³-hybridized carbons (Fsp3) is 0.235. The predicted octanol–water partition coefficient (Wildman–Crippen LogP) is 1.87.